The normalized spacial score (nSPS) is 17.1. The number of benzene rings is 1. The van der Waals surface area contributed by atoms with Gasteiger partial charge in [-0.15, -0.1) is 0 Å². The zero-order valence-corrected chi connectivity index (χ0v) is 16.4. The number of rotatable bonds is 7. The summed E-state index contributed by atoms with van der Waals surface area (Å²) in [5.74, 6) is -0.222. The van der Waals surface area contributed by atoms with E-state index in [2.05, 4.69) is 26.7 Å². The number of hydrogen-bond acceptors (Lipinski definition) is 4. The lowest BCUT2D eigenvalue weighted by Gasteiger charge is -2.34. The number of hydrogen-bond donors (Lipinski definition) is 2. The summed E-state index contributed by atoms with van der Waals surface area (Å²) in [5.41, 5.74) is 3.09. The Labute approximate surface area is 165 Å². The second kappa shape index (κ2) is 9.32. The first-order valence-corrected chi connectivity index (χ1v) is 9.54. The van der Waals surface area contributed by atoms with Crippen LogP contribution in [0.5, 0.6) is 0 Å². The van der Waals surface area contributed by atoms with Crippen LogP contribution < -0.4 is 10.6 Å². The molecular formula is C21H27N5O2. The number of carbonyl (C=O) groups excluding carboxylic acids is 2. The molecule has 2 aromatic rings. The lowest BCUT2D eigenvalue weighted by molar-refractivity contribution is -0.133. The summed E-state index contributed by atoms with van der Waals surface area (Å²) >= 11 is 0. The van der Waals surface area contributed by atoms with E-state index in [1.807, 2.05) is 50.4 Å². The Kier molecular flexibility index (Phi) is 6.60. The minimum Gasteiger partial charge on any atom is -0.353 e. The van der Waals surface area contributed by atoms with Gasteiger partial charge in [-0.05, 0) is 31.5 Å². The van der Waals surface area contributed by atoms with Crippen molar-refractivity contribution in [1.29, 1.82) is 0 Å². The van der Waals surface area contributed by atoms with E-state index < -0.39 is 6.04 Å². The maximum atomic E-state index is 12.6. The standard InChI is InChI=1S/C21H27N5O2/c1-16(2)8-12-25-13-10-22-21(28)19(25)14-20(27)23-15-17-6-3-4-7-18(17)26-11-5-9-24-26/h3-9,11,19H,10,12-15H2,1-2H3,(H,22,28)(H,23,27)/t19-/m0/s1. The highest BCUT2D eigenvalue weighted by molar-refractivity contribution is 5.88. The Hall–Kier alpha value is -2.93. The molecule has 2 N–H and O–H groups in total. The van der Waals surface area contributed by atoms with Gasteiger partial charge in [-0.25, -0.2) is 4.68 Å². The zero-order valence-electron chi connectivity index (χ0n) is 16.4. The maximum absolute atomic E-state index is 12.6. The van der Waals surface area contributed by atoms with Crippen LogP contribution in [0.3, 0.4) is 0 Å². The Morgan fingerprint density at radius 2 is 2.14 bits per heavy atom. The number of para-hydroxylation sites is 1. The van der Waals surface area contributed by atoms with Crippen LogP contribution in [0.1, 0.15) is 25.8 Å². The van der Waals surface area contributed by atoms with Gasteiger partial charge < -0.3 is 10.6 Å². The van der Waals surface area contributed by atoms with Gasteiger partial charge in [-0.3, -0.25) is 14.5 Å². The second-order valence-electron chi connectivity index (χ2n) is 7.14. The van der Waals surface area contributed by atoms with Gasteiger partial charge in [-0.1, -0.05) is 29.8 Å². The minimum absolute atomic E-state index is 0.0829. The van der Waals surface area contributed by atoms with Crippen LogP contribution in [0.25, 0.3) is 5.69 Å². The summed E-state index contributed by atoms with van der Waals surface area (Å²) in [4.78, 5) is 26.9. The molecule has 7 nitrogen and oxygen atoms in total. The fraction of sp³-hybridized carbons (Fsp3) is 0.381. The van der Waals surface area contributed by atoms with Crippen molar-refractivity contribution in [3.8, 4) is 5.69 Å². The first-order chi connectivity index (χ1) is 13.5. The van der Waals surface area contributed by atoms with E-state index in [1.54, 1.807) is 10.9 Å². The molecule has 1 aromatic carbocycles. The SMILES string of the molecule is CC(C)=CCN1CCNC(=O)[C@@H]1CC(=O)NCc1ccccc1-n1cccn1. The van der Waals surface area contributed by atoms with E-state index in [0.29, 0.717) is 19.6 Å². The number of allylic oxidation sites excluding steroid dienone is 1. The fourth-order valence-corrected chi connectivity index (χ4v) is 3.24. The topological polar surface area (TPSA) is 79.3 Å². The van der Waals surface area contributed by atoms with Crippen molar-refractivity contribution in [2.45, 2.75) is 32.9 Å². The Morgan fingerprint density at radius 1 is 1.32 bits per heavy atom. The third-order valence-electron chi connectivity index (χ3n) is 4.77. The van der Waals surface area contributed by atoms with Gasteiger partial charge in [0.15, 0.2) is 0 Å². The first kappa shape index (κ1) is 19.8. The zero-order chi connectivity index (χ0) is 19.9. The summed E-state index contributed by atoms with van der Waals surface area (Å²) in [6.45, 7) is 6.49. The van der Waals surface area contributed by atoms with Crippen molar-refractivity contribution in [1.82, 2.24) is 25.3 Å². The highest BCUT2D eigenvalue weighted by Gasteiger charge is 2.30. The van der Waals surface area contributed by atoms with Gasteiger partial charge in [0, 0.05) is 38.6 Å². The quantitative estimate of drug-likeness (QED) is 0.715. The van der Waals surface area contributed by atoms with E-state index in [4.69, 9.17) is 0 Å². The van der Waals surface area contributed by atoms with Gasteiger partial charge in [-0.2, -0.15) is 5.10 Å². The van der Waals surface area contributed by atoms with Crippen molar-refractivity contribution in [2.75, 3.05) is 19.6 Å². The molecule has 0 saturated carbocycles. The molecule has 0 unspecified atom stereocenters. The Morgan fingerprint density at radius 3 is 2.89 bits per heavy atom. The number of carbonyl (C=O) groups is 2. The highest BCUT2D eigenvalue weighted by Crippen LogP contribution is 2.14. The molecule has 148 valence electrons. The van der Waals surface area contributed by atoms with Crippen molar-refractivity contribution >= 4 is 11.8 Å². The fourth-order valence-electron chi connectivity index (χ4n) is 3.24. The van der Waals surface area contributed by atoms with E-state index in [0.717, 1.165) is 17.8 Å². The summed E-state index contributed by atoms with van der Waals surface area (Å²) in [6, 6.07) is 9.22. The molecule has 1 atom stereocenters. The summed E-state index contributed by atoms with van der Waals surface area (Å²) in [5, 5.41) is 10.1. The molecule has 2 heterocycles. The monoisotopic (exact) mass is 381 g/mol. The second-order valence-corrected chi connectivity index (χ2v) is 7.14. The van der Waals surface area contributed by atoms with Crippen molar-refractivity contribution < 1.29 is 9.59 Å². The number of nitrogens with zero attached hydrogens (tertiary/aromatic N) is 3. The first-order valence-electron chi connectivity index (χ1n) is 9.54. The smallest absolute Gasteiger partial charge is 0.237 e. The Bertz CT molecular complexity index is 840. The molecule has 2 amide bonds. The number of piperazine rings is 1. The lowest BCUT2D eigenvalue weighted by atomic mass is 10.1. The van der Waals surface area contributed by atoms with Crippen LogP contribution in [-0.4, -0.2) is 52.2 Å². The van der Waals surface area contributed by atoms with Crippen molar-refractivity contribution in [2.24, 2.45) is 0 Å². The summed E-state index contributed by atoms with van der Waals surface area (Å²) in [7, 11) is 0. The minimum atomic E-state index is -0.439. The van der Waals surface area contributed by atoms with Gasteiger partial charge in [0.05, 0.1) is 18.2 Å². The van der Waals surface area contributed by atoms with Crippen LogP contribution in [0.4, 0.5) is 0 Å². The molecule has 0 bridgehead atoms. The predicted octanol–water partition coefficient (Wildman–Crippen LogP) is 1.65. The predicted molar refractivity (Wildman–Crippen MR) is 108 cm³/mol. The van der Waals surface area contributed by atoms with E-state index in [1.165, 1.54) is 5.57 Å². The molecular weight excluding hydrogens is 354 g/mol. The van der Waals surface area contributed by atoms with Crippen molar-refractivity contribution in [3.05, 3.63) is 59.9 Å². The van der Waals surface area contributed by atoms with Gasteiger partial charge in [0.25, 0.3) is 0 Å². The summed E-state index contributed by atoms with van der Waals surface area (Å²) < 4.78 is 1.78. The molecule has 1 fully saturated rings. The molecule has 0 aliphatic carbocycles. The third kappa shape index (κ3) is 5.07. The van der Waals surface area contributed by atoms with Gasteiger partial charge in [0.1, 0.15) is 0 Å². The number of amides is 2. The van der Waals surface area contributed by atoms with Crippen LogP contribution in [-0.2, 0) is 16.1 Å². The van der Waals surface area contributed by atoms with Crippen LogP contribution in [0.15, 0.2) is 54.4 Å². The van der Waals surface area contributed by atoms with Gasteiger partial charge >= 0.3 is 0 Å². The van der Waals surface area contributed by atoms with Gasteiger partial charge in [0.2, 0.25) is 11.8 Å². The van der Waals surface area contributed by atoms with E-state index in [9.17, 15) is 9.59 Å². The number of nitrogens with one attached hydrogen (secondary N) is 2. The molecule has 1 saturated heterocycles. The van der Waals surface area contributed by atoms with Crippen LogP contribution >= 0.6 is 0 Å². The van der Waals surface area contributed by atoms with Crippen molar-refractivity contribution in [3.63, 3.8) is 0 Å². The molecule has 1 aliphatic rings. The maximum Gasteiger partial charge on any atom is 0.237 e. The molecule has 1 aromatic heterocycles. The molecule has 1 aliphatic heterocycles. The van der Waals surface area contributed by atoms with E-state index >= 15 is 0 Å². The Balaban J connectivity index is 1.62. The summed E-state index contributed by atoms with van der Waals surface area (Å²) in [6.07, 6.45) is 5.82. The average molecular weight is 381 g/mol. The molecule has 7 heteroatoms. The molecule has 0 radical (unpaired) electrons. The third-order valence-corrected chi connectivity index (χ3v) is 4.77. The lowest BCUT2D eigenvalue weighted by Crippen LogP contribution is -2.56. The molecule has 0 spiro atoms. The largest absolute Gasteiger partial charge is 0.353 e. The van der Waals surface area contributed by atoms with E-state index in [-0.39, 0.29) is 18.2 Å². The van der Waals surface area contributed by atoms with Crippen LogP contribution in [0.2, 0.25) is 0 Å². The molecule has 3 rings (SSSR count). The average Bonchev–Trinajstić information content (AvgIpc) is 3.21. The molecule has 28 heavy (non-hydrogen) atoms. The highest BCUT2D eigenvalue weighted by atomic mass is 16.2. The number of aromatic nitrogens is 2. The van der Waals surface area contributed by atoms with Crippen LogP contribution in [0, 0.1) is 0 Å².